The second-order valence-corrected chi connectivity index (χ2v) is 7.05. The van der Waals surface area contributed by atoms with E-state index in [1.807, 2.05) is 29.2 Å². The standard InChI is InChI=1S/C17H20N2O4S/c20-15-9-12-3-1-2-4-14(12)19(15)13-5-7-18(8-6-13)16(21)10-24-11-17(22)23/h1-4,13H,5-11H2,(H,22,23). The molecule has 1 aromatic rings. The molecule has 1 saturated heterocycles. The number of aliphatic carboxylic acids is 1. The lowest BCUT2D eigenvalue weighted by Gasteiger charge is -2.37. The number of anilines is 1. The lowest BCUT2D eigenvalue weighted by molar-refractivity contribution is -0.134. The largest absolute Gasteiger partial charge is 0.481 e. The summed E-state index contributed by atoms with van der Waals surface area (Å²) in [5.41, 5.74) is 2.08. The smallest absolute Gasteiger partial charge is 0.313 e. The third kappa shape index (κ3) is 3.56. The van der Waals surface area contributed by atoms with E-state index in [-0.39, 0.29) is 29.4 Å². The fraction of sp³-hybridized carbons (Fsp3) is 0.471. The Kier molecular flexibility index (Phi) is 5.08. The van der Waals surface area contributed by atoms with Gasteiger partial charge in [-0.05, 0) is 24.5 Å². The predicted molar refractivity (Wildman–Crippen MR) is 92.2 cm³/mol. The zero-order chi connectivity index (χ0) is 17.1. The van der Waals surface area contributed by atoms with Crippen LogP contribution in [0.1, 0.15) is 18.4 Å². The van der Waals surface area contributed by atoms with E-state index in [9.17, 15) is 14.4 Å². The lowest BCUT2D eigenvalue weighted by atomic mass is 10.0. The Labute approximate surface area is 144 Å². The van der Waals surface area contributed by atoms with Crippen LogP contribution in [0.25, 0.3) is 0 Å². The molecule has 1 aromatic carbocycles. The maximum atomic E-state index is 12.3. The minimum Gasteiger partial charge on any atom is -0.481 e. The molecule has 0 aliphatic carbocycles. The van der Waals surface area contributed by atoms with Crippen molar-refractivity contribution < 1.29 is 19.5 Å². The zero-order valence-electron chi connectivity index (χ0n) is 13.3. The number of nitrogens with zero attached hydrogens (tertiary/aromatic N) is 2. The van der Waals surface area contributed by atoms with Crippen molar-refractivity contribution >= 4 is 35.2 Å². The minimum absolute atomic E-state index is 0.0205. The van der Waals surface area contributed by atoms with E-state index >= 15 is 0 Å². The maximum Gasteiger partial charge on any atom is 0.313 e. The highest BCUT2D eigenvalue weighted by Crippen LogP contribution is 2.33. The number of carbonyl (C=O) groups excluding carboxylic acids is 2. The van der Waals surface area contributed by atoms with E-state index in [1.165, 1.54) is 0 Å². The molecule has 128 valence electrons. The van der Waals surface area contributed by atoms with E-state index in [0.29, 0.717) is 19.5 Å². The first-order valence-corrected chi connectivity index (χ1v) is 9.19. The molecule has 0 aromatic heterocycles. The van der Waals surface area contributed by atoms with Gasteiger partial charge in [0.1, 0.15) is 0 Å². The molecule has 2 aliphatic rings. The molecule has 7 heteroatoms. The molecule has 24 heavy (non-hydrogen) atoms. The number of amides is 2. The highest BCUT2D eigenvalue weighted by atomic mass is 32.2. The van der Waals surface area contributed by atoms with Gasteiger partial charge in [-0.15, -0.1) is 11.8 Å². The molecule has 1 N–H and O–H groups in total. The van der Waals surface area contributed by atoms with Crippen molar-refractivity contribution in [2.24, 2.45) is 0 Å². The second-order valence-electron chi connectivity index (χ2n) is 6.07. The Hall–Kier alpha value is -2.02. The van der Waals surface area contributed by atoms with Gasteiger partial charge in [-0.3, -0.25) is 14.4 Å². The molecule has 2 aliphatic heterocycles. The van der Waals surface area contributed by atoms with Crippen molar-refractivity contribution in [2.75, 3.05) is 29.5 Å². The molecule has 2 heterocycles. The number of benzene rings is 1. The van der Waals surface area contributed by atoms with Gasteiger partial charge in [0.25, 0.3) is 0 Å². The molecule has 0 unspecified atom stereocenters. The summed E-state index contributed by atoms with van der Waals surface area (Å²) < 4.78 is 0. The Bertz CT molecular complexity index is 656. The number of piperidine rings is 1. The second kappa shape index (κ2) is 7.25. The average Bonchev–Trinajstić information content (AvgIpc) is 2.90. The third-order valence-corrected chi connectivity index (χ3v) is 5.40. The van der Waals surface area contributed by atoms with Crippen LogP contribution >= 0.6 is 11.8 Å². The molecule has 1 fully saturated rings. The van der Waals surface area contributed by atoms with Gasteiger partial charge < -0.3 is 14.9 Å². The number of carbonyl (C=O) groups is 3. The van der Waals surface area contributed by atoms with Gasteiger partial charge in [0.2, 0.25) is 11.8 Å². The normalized spacial score (nSPS) is 17.9. The number of rotatable bonds is 5. The SMILES string of the molecule is O=C(O)CSCC(=O)N1CCC(N2C(=O)Cc3ccccc32)CC1. The average molecular weight is 348 g/mol. The Morgan fingerprint density at radius 1 is 1.17 bits per heavy atom. The van der Waals surface area contributed by atoms with E-state index in [1.54, 1.807) is 4.90 Å². The summed E-state index contributed by atoms with van der Waals surface area (Å²) in [6.45, 7) is 1.23. The van der Waals surface area contributed by atoms with Crippen molar-refractivity contribution in [1.29, 1.82) is 0 Å². The number of fused-ring (bicyclic) bond motifs is 1. The third-order valence-electron chi connectivity index (χ3n) is 4.49. The molecule has 3 rings (SSSR count). The first kappa shape index (κ1) is 16.8. The van der Waals surface area contributed by atoms with Gasteiger partial charge in [0.15, 0.2) is 0 Å². The highest BCUT2D eigenvalue weighted by molar-refractivity contribution is 8.00. The predicted octanol–water partition coefficient (Wildman–Crippen LogP) is 1.38. The van der Waals surface area contributed by atoms with Crippen LogP contribution < -0.4 is 4.90 Å². The molecule has 2 amide bonds. The number of para-hydroxylation sites is 1. The highest BCUT2D eigenvalue weighted by Gasteiger charge is 2.35. The first-order chi connectivity index (χ1) is 11.6. The molecular weight excluding hydrogens is 328 g/mol. The van der Waals surface area contributed by atoms with Crippen LogP contribution in [0.5, 0.6) is 0 Å². The number of thioether (sulfide) groups is 1. The van der Waals surface area contributed by atoms with Crippen molar-refractivity contribution in [3.8, 4) is 0 Å². The first-order valence-electron chi connectivity index (χ1n) is 8.03. The molecule has 0 atom stereocenters. The quantitative estimate of drug-likeness (QED) is 0.870. The molecular formula is C17H20N2O4S. The van der Waals surface area contributed by atoms with E-state index in [0.717, 1.165) is 35.9 Å². The molecule has 0 bridgehead atoms. The monoisotopic (exact) mass is 348 g/mol. The summed E-state index contributed by atoms with van der Waals surface area (Å²) in [5, 5.41) is 8.61. The van der Waals surface area contributed by atoms with Crippen molar-refractivity contribution in [3.63, 3.8) is 0 Å². The van der Waals surface area contributed by atoms with Crippen LogP contribution in [0.3, 0.4) is 0 Å². The molecule has 0 radical (unpaired) electrons. The summed E-state index contributed by atoms with van der Waals surface area (Å²) in [6, 6.07) is 8.01. The van der Waals surface area contributed by atoms with Crippen LogP contribution in [-0.4, -0.2) is 58.4 Å². The molecule has 0 saturated carbocycles. The Morgan fingerprint density at radius 3 is 2.58 bits per heavy atom. The van der Waals surface area contributed by atoms with Gasteiger partial charge >= 0.3 is 5.97 Å². The van der Waals surface area contributed by atoms with Gasteiger partial charge in [-0.2, -0.15) is 0 Å². The number of carboxylic acid groups (broad SMARTS) is 1. The molecule has 0 spiro atoms. The summed E-state index contributed by atoms with van der Waals surface area (Å²) in [4.78, 5) is 38.6. The minimum atomic E-state index is -0.905. The number of hydrogen-bond acceptors (Lipinski definition) is 4. The number of hydrogen-bond donors (Lipinski definition) is 1. The van der Waals surface area contributed by atoms with Crippen LogP contribution in [0.4, 0.5) is 5.69 Å². The van der Waals surface area contributed by atoms with Crippen LogP contribution in [0, 0.1) is 0 Å². The lowest BCUT2D eigenvalue weighted by Crippen LogP contribution is -2.48. The summed E-state index contributed by atoms with van der Waals surface area (Å²) >= 11 is 1.13. The maximum absolute atomic E-state index is 12.3. The molecule has 6 nitrogen and oxygen atoms in total. The van der Waals surface area contributed by atoms with Crippen molar-refractivity contribution in [2.45, 2.75) is 25.3 Å². The topological polar surface area (TPSA) is 77.9 Å². The van der Waals surface area contributed by atoms with E-state index in [4.69, 9.17) is 5.11 Å². The van der Waals surface area contributed by atoms with E-state index < -0.39 is 5.97 Å². The fourth-order valence-corrected chi connectivity index (χ4v) is 4.00. The fourth-order valence-electron chi connectivity index (χ4n) is 3.37. The van der Waals surface area contributed by atoms with Crippen LogP contribution in [0.2, 0.25) is 0 Å². The van der Waals surface area contributed by atoms with Crippen LogP contribution in [0.15, 0.2) is 24.3 Å². The van der Waals surface area contributed by atoms with E-state index in [2.05, 4.69) is 0 Å². The van der Waals surface area contributed by atoms with Gasteiger partial charge in [-0.25, -0.2) is 0 Å². The summed E-state index contributed by atoms with van der Waals surface area (Å²) in [7, 11) is 0. The zero-order valence-corrected chi connectivity index (χ0v) is 14.1. The summed E-state index contributed by atoms with van der Waals surface area (Å²) in [5.74, 6) is -0.646. The van der Waals surface area contributed by atoms with Gasteiger partial charge in [0.05, 0.1) is 17.9 Å². The summed E-state index contributed by atoms with van der Waals surface area (Å²) in [6.07, 6.45) is 1.98. The van der Waals surface area contributed by atoms with Crippen LogP contribution in [-0.2, 0) is 20.8 Å². The van der Waals surface area contributed by atoms with Gasteiger partial charge in [-0.1, -0.05) is 18.2 Å². The van der Waals surface area contributed by atoms with Crippen molar-refractivity contribution in [3.05, 3.63) is 29.8 Å². The van der Waals surface area contributed by atoms with Crippen molar-refractivity contribution in [1.82, 2.24) is 4.90 Å². The van der Waals surface area contributed by atoms with Gasteiger partial charge in [0, 0.05) is 24.8 Å². The Morgan fingerprint density at radius 2 is 1.88 bits per heavy atom. The number of carboxylic acids is 1. The Balaban J connectivity index is 1.55. The number of likely N-dealkylation sites (tertiary alicyclic amines) is 1.